The Morgan fingerprint density at radius 2 is 2.24 bits per heavy atom. The predicted octanol–water partition coefficient (Wildman–Crippen LogP) is 1.23. The van der Waals surface area contributed by atoms with Crippen LogP contribution in [0.3, 0.4) is 0 Å². The summed E-state index contributed by atoms with van der Waals surface area (Å²) in [4.78, 5) is 20.8. The summed E-state index contributed by atoms with van der Waals surface area (Å²) in [5.74, 6) is 2.06. The molecule has 0 bridgehead atoms. The Labute approximate surface area is 131 Å². The summed E-state index contributed by atoms with van der Waals surface area (Å²) in [5, 5.41) is 3.38. The summed E-state index contributed by atoms with van der Waals surface area (Å²) >= 11 is 1.82. The van der Waals surface area contributed by atoms with Gasteiger partial charge in [0.2, 0.25) is 0 Å². The summed E-state index contributed by atoms with van der Waals surface area (Å²) in [6.45, 7) is 9.56. The highest BCUT2D eigenvalue weighted by atomic mass is 32.2. The standard InChI is InChI=1S/C14H26N4O2S/c1-14(2,3)20-13(19)17-6-7-18-11(10-17)9-16-12(18)15-5-8-21-4/h11H,5-10H2,1-4H3,(H,15,16). The van der Waals surface area contributed by atoms with Crippen molar-refractivity contribution in [2.75, 3.05) is 44.7 Å². The van der Waals surface area contributed by atoms with E-state index >= 15 is 0 Å². The summed E-state index contributed by atoms with van der Waals surface area (Å²) in [5.41, 5.74) is -0.440. The van der Waals surface area contributed by atoms with Gasteiger partial charge < -0.3 is 19.9 Å². The molecule has 0 aromatic carbocycles. The van der Waals surface area contributed by atoms with Crippen molar-refractivity contribution in [2.24, 2.45) is 4.99 Å². The molecule has 0 spiro atoms. The number of fused-ring (bicyclic) bond motifs is 1. The highest BCUT2D eigenvalue weighted by Crippen LogP contribution is 2.18. The van der Waals surface area contributed by atoms with Gasteiger partial charge in [-0.2, -0.15) is 11.8 Å². The van der Waals surface area contributed by atoms with E-state index in [-0.39, 0.29) is 12.1 Å². The van der Waals surface area contributed by atoms with Gasteiger partial charge in [0.15, 0.2) is 5.96 Å². The number of nitrogens with one attached hydrogen (secondary N) is 1. The fourth-order valence-corrected chi connectivity index (χ4v) is 2.79. The van der Waals surface area contributed by atoms with E-state index in [0.717, 1.165) is 31.3 Å². The van der Waals surface area contributed by atoms with Gasteiger partial charge in [0.1, 0.15) is 5.60 Å². The molecule has 21 heavy (non-hydrogen) atoms. The number of nitrogens with zero attached hydrogens (tertiary/aromatic N) is 3. The summed E-state index contributed by atoms with van der Waals surface area (Å²) in [6, 6.07) is 0.281. The number of carbonyl (C=O) groups is 1. The molecule has 0 aliphatic carbocycles. The lowest BCUT2D eigenvalue weighted by Crippen LogP contribution is -2.57. The van der Waals surface area contributed by atoms with E-state index in [2.05, 4.69) is 21.5 Å². The topological polar surface area (TPSA) is 57.2 Å². The predicted molar refractivity (Wildman–Crippen MR) is 87.0 cm³/mol. The molecule has 2 aliphatic rings. The Kier molecular flexibility index (Phi) is 5.24. The average Bonchev–Trinajstić information content (AvgIpc) is 2.80. The minimum Gasteiger partial charge on any atom is -0.444 e. The second-order valence-corrected chi connectivity index (χ2v) is 7.34. The molecule has 120 valence electrons. The largest absolute Gasteiger partial charge is 0.444 e. The normalized spacial score (nSPS) is 21.9. The number of ether oxygens (including phenoxy) is 1. The van der Waals surface area contributed by atoms with Crippen molar-refractivity contribution < 1.29 is 9.53 Å². The zero-order valence-electron chi connectivity index (χ0n) is 13.4. The van der Waals surface area contributed by atoms with Crippen LogP contribution in [0.25, 0.3) is 0 Å². The Hall–Kier alpha value is -1.11. The lowest BCUT2D eigenvalue weighted by atomic mass is 10.2. The molecule has 2 heterocycles. The van der Waals surface area contributed by atoms with Gasteiger partial charge in [-0.3, -0.25) is 4.99 Å². The fraction of sp³-hybridized carbons (Fsp3) is 0.857. The van der Waals surface area contributed by atoms with Gasteiger partial charge in [0.25, 0.3) is 0 Å². The number of piperazine rings is 1. The van der Waals surface area contributed by atoms with Gasteiger partial charge >= 0.3 is 6.09 Å². The molecule has 1 N–H and O–H groups in total. The molecule has 0 aromatic heterocycles. The number of thioether (sulfide) groups is 1. The van der Waals surface area contributed by atoms with Gasteiger partial charge in [0.05, 0.1) is 12.6 Å². The molecule has 2 rings (SSSR count). The maximum atomic E-state index is 12.1. The Bertz CT molecular complexity index is 408. The third-order valence-electron chi connectivity index (χ3n) is 3.45. The molecular weight excluding hydrogens is 288 g/mol. The second-order valence-electron chi connectivity index (χ2n) is 6.36. The minimum absolute atomic E-state index is 0.217. The second kappa shape index (κ2) is 6.77. The lowest BCUT2D eigenvalue weighted by molar-refractivity contribution is 0.0137. The molecular formula is C14H26N4O2S. The summed E-state index contributed by atoms with van der Waals surface area (Å²) in [6.07, 6.45) is 1.88. The maximum Gasteiger partial charge on any atom is 0.410 e. The van der Waals surface area contributed by atoms with Crippen LogP contribution in [-0.2, 0) is 4.74 Å². The first-order valence-corrected chi connectivity index (χ1v) is 8.82. The zero-order valence-corrected chi connectivity index (χ0v) is 14.2. The quantitative estimate of drug-likeness (QED) is 0.794. The minimum atomic E-state index is -0.440. The number of guanidine groups is 1. The molecule has 0 saturated carbocycles. The van der Waals surface area contributed by atoms with Crippen molar-refractivity contribution >= 4 is 23.8 Å². The molecule has 7 heteroatoms. The van der Waals surface area contributed by atoms with Crippen LogP contribution in [0.5, 0.6) is 0 Å². The van der Waals surface area contributed by atoms with Crippen molar-refractivity contribution in [3.05, 3.63) is 0 Å². The fourth-order valence-electron chi connectivity index (χ4n) is 2.49. The number of carbonyl (C=O) groups excluding carboxylic acids is 1. The first-order chi connectivity index (χ1) is 9.90. The van der Waals surface area contributed by atoms with Gasteiger partial charge in [-0.25, -0.2) is 4.79 Å². The molecule has 1 atom stereocenters. The molecule has 0 aromatic rings. The number of amides is 1. The van der Waals surface area contributed by atoms with Crippen LogP contribution in [0.1, 0.15) is 20.8 Å². The van der Waals surface area contributed by atoms with Crippen LogP contribution in [0.2, 0.25) is 0 Å². The van der Waals surface area contributed by atoms with E-state index < -0.39 is 5.60 Å². The lowest BCUT2D eigenvalue weighted by Gasteiger charge is -2.39. The number of aliphatic imine (C=N–C) groups is 1. The van der Waals surface area contributed by atoms with E-state index in [1.54, 1.807) is 4.90 Å². The van der Waals surface area contributed by atoms with Crippen molar-refractivity contribution in [1.29, 1.82) is 0 Å². The van der Waals surface area contributed by atoms with E-state index in [4.69, 9.17) is 4.74 Å². The molecule has 1 amide bonds. The molecule has 1 fully saturated rings. The molecule has 2 aliphatic heterocycles. The van der Waals surface area contributed by atoms with Crippen LogP contribution in [0.15, 0.2) is 4.99 Å². The van der Waals surface area contributed by atoms with Crippen molar-refractivity contribution in [1.82, 2.24) is 15.1 Å². The third kappa shape index (κ3) is 4.43. The molecule has 6 nitrogen and oxygen atoms in total. The molecule has 1 saturated heterocycles. The Morgan fingerprint density at radius 1 is 1.48 bits per heavy atom. The number of hydrogen-bond donors (Lipinski definition) is 1. The third-order valence-corrected chi connectivity index (χ3v) is 4.06. The highest BCUT2D eigenvalue weighted by Gasteiger charge is 2.36. The highest BCUT2D eigenvalue weighted by molar-refractivity contribution is 7.98. The van der Waals surface area contributed by atoms with Crippen LogP contribution in [0.4, 0.5) is 4.79 Å². The maximum absolute atomic E-state index is 12.1. The van der Waals surface area contributed by atoms with Crippen LogP contribution >= 0.6 is 11.8 Å². The Morgan fingerprint density at radius 3 is 2.90 bits per heavy atom. The summed E-state index contributed by atoms with van der Waals surface area (Å²) in [7, 11) is 0. The zero-order chi connectivity index (χ0) is 15.5. The Balaban J connectivity index is 1.83. The molecule has 0 radical (unpaired) electrons. The van der Waals surface area contributed by atoms with Gasteiger partial charge in [-0.05, 0) is 27.0 Å². The monoisotopic (exact) mass is 314 g/mol. The van der Waals surface area contributed by atoms with Crippen molar-refractivity contribution in [3.8, 4) is 0 Å². The first kappa shape index (κ1) is 16.3. The number of hydrogen-bond acceptors (Lipinski definition) is 6. The van der Waals surface area contributed by atoms with Crippen molar-refractivity contribution in [3.63, 3.8) is 0 Å². The van der Waals surface area contributed by atoms with Crippen LogP contribution < -0.4 is 5.32 Å². The van der Waals surface area contributed by atoms with E-state index in [1.165, 1.54) is 0 Å². The van der Waals surface area contributed by atoms with E-state index in [0.29, 0.717) is 13.1 Å². The van der Waals surface area contributed by atoms with Gasteiger partial charge in [-0.1, -0.05) is 0 Å². The smallest absolute Gasteiger partial charge is 0.410 e. The number of rotatable bonds is 3. The molecule has 1 unspecified atom stereocenters. The van der Waals surface area contributed by atoms with E-state index in [1.807, 2.05) is 32.5 Å². The van der Waals surface area contributed by atoms with E-state index in [9.17, 15) is 4.79 Å². The van der Waals surface area contributed by atoms with Crippen LogP contribution in [0, 0.1) is 0 Å². The SMILES string of the molecule is CSCCNC1=NCC2CN(C(=O)OC(C)(C)C)CCN12. The van der Waals surface area contributed by atoms with Gasteiger partial charge in [0, 0.05) is 31.9 Å². The average molecular weight is 314 g/mol. The van der Waals surface area contributed by atoms with Crippen LogP contribution in [-0.4, -0.2) is 78.2 Å². The first-order valence-electron chi connectivity index (χ1n) is 7.42. The van der Waals surface area contributed by atoms with Gasteiger partial charge in [-0.15, -0.1) is 0 Å². The summed E-state index contributed by atoms with van der Waals surface area (Å²) < 4.78 is 5.44. The van der Waals surface area contributed by atoms with Crippen molar-refractivity contribution in [2.45, 2.75) is 32.4 Å².